The molecule has 0 bridgehead atoms. The van der Waals surface area contributed by atoms with E-state index in [1.807, 2.05) is 17.5 Å². The molecule has 126 valence electrons. The number of nitrogens with zero attached hydrogens (tertiary/aromatic N) is 3. The van der Waals surface area contributed by atoms with Crippen molar-refractivity contribution >= 4 is 29.0 Å². The van der Waals surface area contributed by atoms with E-state index in [0.717, 1.165) is 11.3 Å². The van der Waals surface area contributed by atoms with E-state index in [1.54, 1.807) is 28.5 Å². The van der Waals surface area contributed by atoms with Crippen molar-refractivity contribution in [2.45, 2.75) is 31.8 Å². The number of hydrogen-bond acceptors (Lipinski definition) is 6. The highest BCUT2D eigenvalue weighted by Crippen LogP contribution is 2.20. The van der Waals surface area contributed by atoms with Gasteiger partial charge in [0.25, 0.3) is 0 Å². The molecule has 3 heterocycles. The Morgan fingerprint density at radius 3 is 3.04 bits per heavy atom. The van der Waals surface area contributed by atoms with Crippen LogP contribution in [0.1, 0.15) is 23.5 Å². The lowest BCUT2D eigenvalue weighted by Gasteiger charge is -2.23. The highest BCUT2D eigenvalue weighted by Gasteiger charge is 2.33. The maximum absolute atomic E-state index is 12.5. The van der Waals surface area contributed by atoms with Gasteiger partial charge in [-0.25, -0.2) is 9.97 Å². The summed E-state index contributed by atoms with van der Waals surface area (Å²) < 4.78 is 0. The molecule has 2 amide bonds. The highest BCUT2D eigenvalue weighted by atomic mass is 32.1. The zero-order chi connectivity index (χ0) is 16.9. The molecule has 2 aromatic rings. The Kier molecular flexibility index (Phi) is 5.05. The van der Waals surface area contributed by atoms with Crippen LogP contribution in [0.2, 0.25) is 0 Å². The van der Waals surface area contributed by atoms with E-state index < -0.39 is 6.04 Å². The molecule has 1 aliphatic rings. The third kappa shape index (κ3) is 3.88. The van der Waals surface area contributed by atoms with Crippen LogP contribution in [0.4, 0.5) is 5.82 Å². The fourth-order valence-corrected chi connectivity index (χ4v) is 3.48. The van der Waals surface area contributed by atoms with Gasteiger partial charge in [0.1, 0.15) is 17.7 Å². The summed E-state index contributed by atoms with van der Waals surface area (Å²) in [5, 5.41) is 4.75. The van der Waals surface area contributed by atoms with Crippen molar-refractivity contribution in [2.75, 3.05) is 12.3 Å². The van der Waals surface area contributed by atoms with Crippen molar-refractivity contribution in [3.05, 3.63) is 40.5 Å². The minimum atomic E-state index is -0.418. The molecule has 3 rings (SSSR count). The summed E-state index contributed by atoms with van der Waals surface area (Å²) in [5.41, 5.74) is 5.60. The van der Waals surface area contributed by atoms with E-state index in [4.69, 9.17) is 5.73 Å². The van der Waals surface area contributed by atoms with Crippen LogP contribution in [0.5, 0.6) is 0 Å². The molecule has 1 unspecified atom stereocenters. The fraction of sp³-hybridized carbons (Fsp3) is 0.375. The largest absolute Gasteiger partial charge is 0.384 e. The first-order valence-electron chi connectivity index (χ1n) is 7.80. The molecule has 7 nitrogen and oxygen atoms in total. The summed E-state index contributed by atoms with van der Waals surface area (Å²) in [7, 11) is 0. The lowest BCUT2D eigenvalue weighted by molar-refractivity contribution is -0.138. The fourth-order valence-electron chi connectivity index (χ4n) is 2.79. The summed E-state index contributed by atoms with van der Waals surface area (Å²) in [6.45, 7) is 0.824. The molecule has 1 saturated heterocycles. The van der Waals surface area contributed by atoms with Gasteiger partial charge in [-0.05, 0) is 30.4 Å². The smallest absolute Gasteiger partial charge is 0.243 e. The minimum absolute atomic E-state index is 0.00435. The van der Waals surface area contributed by atoms with E-state index in [0.29, 0.717) is 31.0 Å². The first-order valence-corrected chi connectivity index (χ1v) is 8.68. The molecule has 1 fully saturated rings. The lowest BCUT2D eigenvalue weighted by atomic mass is 10.2. The molecule has 2 aromatic heterocycles. The molecular weight excluding hydrogens is 326 g/mol. The molecule has 0 saturated carbocycles. The summed E-state index contributed by atoms with van der Waals surface area (Å²) >= 11 is 1.55. The van der Waals surface area contributed by atoms with Crippen LogP contribution >= 0.6 is 11.3 Å². The summed E-state index contributed by atoms with van der Waals surface area (Å²) in [6.07, 6.45) is 3.42. The Morgan fingerprint density at radius 2 is 2.29 bits per heavy atom. The van der Waals surface area contributed by atoms with Crippen molar-refractivity contribution in [3.63, 3.8) is 0 Å². The maximum Gasteiger partial charge on any atom is 0.243 e. The highest BCUT2D eigenvalue weighted by molar-refractivity contribution is 7.10. The normalized spacial score (nSPS) is 17.0. The zero-order valence-corrected chi connectivity index (χ0v) is 14.0. The number of anilines is 1. The number of hydrogen-bond donors (Lipinski definition) is 2. The van der Waals surface area contributed by atoms with Gasteiger partial charge in [0.15, 0.2) is 0 Å². The van der Waals surface area contributed by atoms with E-state index in [2.05, 4.69) is 15.3 Å². The van der Waals surface area contributed by atoms with E-state index in [1.165, 1.54) is 0 Å². The van der Waals surface area contributed by atoms with E-state index in [9.17, 15) is 9.59 Å². The molecule has 1 atom stereocenters. The second-order valence-corrected chi connectivity index (χ2v) is 6.65. The zero-order valence-electron chi connectivity index (χ0n) is 13.1. The number of nitrogens with two attached hydrogens (primary N) is 1. The number of likely N-dealkylation sites (tertiary alicyclic amines) is 1. The van der Waals surface area contributed by atoms with Gasteiger partial charge in [0.05, 0.1) is 13.0 Å². The quantitative estimate of drug-likeness (QED) is 0.841. The molecule has 8 heteroatoms. The number of carbonyl (C=O) groups is 2. The average Bonchev–Trinajstić information content (AvgIpc) is 3.24. The number of thiophene rings is 1. The monoisotopic (exact) mass is 345 g/mol. The van der Waals surface area contributed by atoms with Crippen LogP contribution in [0.15, 0.2) is 29.8 Å². The molecular formula is C16H19N5O2S. The Bertz CT molecular complexity index is 719. The molecule has 0 spiro atoms. The first-order chi connectivity index (χ1) is 11.6. The van der Waals surface area contributed by atoms with Crippen LogP contribution in [0, 0.1) is 0 Å². The lowest BCUT2D eigenvalue weighted by Crippen LogP contribution is -2.46. The van der Waals surface area contributed by atoms with Crippen molar-refractivity contribution < 1.29 is 9.59 Å². The van der Waals surface area contributed by atoms with Gasteiger partial charge < -0.3 is 16.0 Å². The Labute approximate surface area is 143 Å². The van der Waals surface area contributed by atoms with Crippen LogP contribution in [-0.4, -0.2) is 39.3 Å². The molecule has 0 aromatic carbocycles. The van der Waals surface area contributed by atoms with Crippen LogP contribution < -0.4 is 11.1 Å². The minimum Gasteiger partial charge on any atom is -0.384 e. The second-order valence-electron chi connectivity index (χ2n) is 5.62. The topological polar surface area (TPSA) is 101 Å². The summed E-state index contributed by atoms with van der Waals surface area (Å²) in [6, 6.07) is 5.03. The molecule has 0 radical (unpaired) electrons. The second kappa shape index (κ2) is 7.39. The number of carbonyl (C=O) groups excluding carboxylic acids is 2. The molecule has 24 heavy (non-hydrogen) atoms. The van der Waals surface area contributed by atoms with E-state index in [-0.39, 0.29) is 18.4 Å². The molecule has 3 N–H and O–H groups in total. The standard InChI is InChI=1S/C16H19N5O2S/c17-13-5-6-18-14(20-13)10-19-16(23)12-4-1-7-21(12)15(22)9-11-3-2-8-24-11/h2-3,5-6,8,12H,1,4,7,9-10H2,(H,19,23)(H2,17,18,20). The van der Waals surface area contributed by atoms with Gasteiger partial charge in [-0.15, -0.1) is 11.3 Å². The molecule has 1 aliphatic heterocycles. The van der Waals surface area contributed by atoms with Gasteiger partial charge in [0, 0.05) is 17.6 Å². The van der Waals surface area contributed by atoms with Crippen molar-refractivity contribution in [1.82, 2.24) is 20.2 Å². The van der Waals surface area contributed by atoms with E-state index >= 15 is 0 Å². The van der Waals surface area contributed by atoms with Crippen molar-refractivity contribution in [1.29, 1.82) is 0 Å². The molecule has 0 aliphatic carbocycles. The van der Waals surface area contributed by atoms with Gasteiger partial charge in [-0.1, -0.05) is 6.07 Å². The third-order valence-corrected chi connectivity index (χ3v) is 4.81. The third-order valence-electron chi connectivity index (χ3n) is 3.93. The summed E-state index contributed by atoms with van der Waals surface area (Å²) in [4.78, 5) is 35.7. The summed E-state index contributed by atoms with van der Waals surface area (Å²) in [5.74, 6) is 0.647. The van der Waals surface area contributed by atoms with Crippen LogP contribution in [0.25, 0.3) is 0 Å². The SMILES string of the molecule is Nc1ccnc(CNC(=O)C2CCCN2C(=O)Cc2cccs2)n1. The average molecular weight is 345 g/mol. The van der Waals surface area contributed by atoms with Gasteiger partial charge in [-0.3, -0.25) is 9.59 Å². The Hall–Kier alpha value is -2.48. The number of nitrogen functional groups attached to an aromatic ring is 1. The first kappa shape index (κ1) is 16.4. The van der Waals surface area contributed by atoms with Crippen LogP contribution in [-0.2, 0) is 22.6 Å². The number of nitrogens with one attached hydrogen (secondary N) is 1. The predicted octanol–water partition coefficient (Wildman–Crippen LogP) is 0.970. The number of aromatic nitrogens is 2. The number of rotatable bonds is 5. The van der Waals surface area contributed by atoms with Crippen molar-refractivity contribution in [3.8, 4) is 0 Å². The number of amides is 2. The Balaban J connectivity index is 1.58. The van der Waals surface area contributed by atoms with Crippen molar-refractivity contribution in [2.24, 2.45) is 0 Å². The van der Waals surface area contributed by atoms with Crippen LogP contribution in [0.3, 0.4) is 0 Å². The Morgan fingerprint density at radius 1 is 1.42 bits per heavy atom. The van der Waals surface area contributed by atoms with Gasteiger partial charge in [-0.2, -0.15) is 0 Å². The van der Waals surface area contributed by atoms with Gasteiger partial charge in [0.2, 0.25) is 11.8 Å². The maximum atomic E-state index is 12.5. The van der Waals surface area contributed by atoms with Gasteiger partial charge >= 0.3 is 0 Å². The predicted molar refractivity (Wildman–Crippen MR) is 91.0 cm³/mol.